The fourth-order valence-electron chi connectivity index (χ4n) is 4.53. The van der Waals surface area contributed by atoms with Crippen molar-refractivity contribution in [3.63, 3.8) is 0 Å². The van der Waals surface area contributed by atoms with Crippen molar-refractivity contribution in [1.29, 1.82) is 0 Å². The molecule has 1 aliphatic carbocycles. The summed E-state index contributed by atoms with van der Waals surface area (Å²) in [5, 5.41) is 4.66. The van der Waals surface area contributed by atoms with E-state index in [0.717, 1.165) is 42.1 Å². The standard InChI is InChI=1S/C20H26N4O/c1-13-17(14(2)24(22-13)16-6-4-3-5-7-16)10-20(25)23-11-15-8-9-19(21)18(15)12-23/h3-7,15,18-19H,8-12,21H2,1-2H3. The van der Waals surface area contributed by atoms with Crippen LogP contribution in [0.5, 0.6) is 0 Å². The van der Waals surface area contributed by atoms with Crippen molar-refractivity contribution in [2.75, 3.05) is 13.1 Å². The molecule has 0 bridgehead atoms. The number of para-hydroxylation sites is 1. The zero-order valence-corrected chi connectivity index (χ0v) is 15.0. The van der Waals surface area contributed by atoms with Crippen molar-refractivity contribution in [2.45, 2.75) is 39.2 Å². The topological polar surface area (TPSA) is 64.2 Å². The second-order valence-corrected chi connectivity index (χ2v) is 7.54. The van der Waals surface area contributed by atoms with Gasteiger partial charge in [-0.25, -0.2) is 4.68 Å². The predicted molar refractivity (Wildman–Crippen MR) is 97.5 cm³/mol. The van der Waals surface area contributed by atoms with Gasteiger partial charge in [0.05, 0.1) is 17.8 Å². The minimum Gasteiger partial charge on any atom is -0.342 e. The molecule has 2 fully saturated rings. The van der Waals surface area contributed by atoms with E-state index in [1.807, 2.05) is 53.8 Å². The molecular weight excluding hydrogens is 312 g/mol. The SMILES string of the molecule is Cc1nn(-c2ccccc2)c(C)c1CC(=O)N1CC2CCC(N)C2C1. The zero-order chi connectivity index (χ0) is 17.6. The van der Waals surface area contributed by atoms with E-state index in [9.17, 15) is 4.79 Å². The van der Waals surface area contributed by atoms with Gasteiger partial charge in [0.1, 0.15) is 0 Å². The van der Waals surface area contributed by atoms with E-state index in [-0.39, 0.29) is 11.9 Å². The number of hydrogen-bond acceptors (Lipinski definition) is 3. The third kappa shape index (κ3) is 2.86. The Kier molecular flexibility index (Phi) is 4.12. The molecule has 5 nitrogen and oxygen atoms in total. The monoisotopic (exact) mass is 338 g/mol. The summed E-state index contributed by atoms with van der Waals surface area (Å²) in [5.74, 6) is 1.31. The van der Waals surface area contributed by atoms with Crippen LogP contribution in [0.2, 0.25) is 0 Å². The lowest BCUT2D eigenvalue weighted by Crippen LogP contribution is -2.34. The predicted octanol–water partition coefficient (Wildman–Crippen LogP) is 2.23. The fourth-order valence-corrected chi connectivity index (χ4v) is 4.53. The minimum absolute atomic E-state index is 0.209. The lowest BCUT2D eigenvalue weighted by atomic mass is 9.98. The van der Waals surface area contributed by atoms with Gasteiger partial charge in [-0.15, -0.1) is 0 Å². The lowest BCUT2D eigenvalue weighted by molar-refractivity contribution is -0.129. The molecule has 2 aliphatic rings. The average Bonchev–Trinajstić information content (AvgIpc) is 3.26. The maximum atomic E-state index is 12.9. The third-order valence-corrected chi connectivity index (χ3v) is 6.03. The Balaban J connectivity index is 1.52. The molecular formula is C20H26N4O. The summed E-state index contributed by atoms with van der Waals surface area (Å²) >= 11 is 0. The Bertz CT molecular complexity index is 782. The first-order valence-electron chi connectivity index (χ1n) is 9.18. The number of amides is 1. The van der Waals surface area contributed by atoms with Crippen molar-refractivity contribution < 1.29 is 4.79 Å². The van der Waals surface area contributed by atoms with Gasteiger partial charge in [-0.05, 0) is 50.7 Å². The molecule has 2 aromatic rings. The third-order valence-electron chi connectivity index (χ3n) is 6.03. The van der Waals surface area contributed by atoms with Crippen LogP contribution in [0.4, 0.5) is 0 Å². The quantitative estimate of drug-likeness (QED) is 0.933. The fraction of sp³-hybridized carbons (Fsp3) is 0.500. The molecule has 0 radical (unpaired) electrons. The van der Waals surface area contributed by atoms with Gasteiger partial charge < -0.3 is 10.6 Å². The number of carbonyl (C=O) groups excluding carboxylic acids is 1. The van der Waals surface area contributed by atoms with Gasteiger partial charge in [0.25, 0.3) is 0 Å². The molecule has 1 saturated heterocycles. The molecule has 3 atom stereocenters. The summed E-state index contributed by atoms with van der Waals surface area (Å²) in [6.45, 7) is 5.74. The first-order valence-corrected chi connectivity index (χ1v) is 9.18. The van der Waals surface area contributed by atoms with Gasteiger partial charge in [0.15, 0.2) is 0 Å². The number of rotatable bonds is 3. The number of nitrogens with zero attached hydrogens (tertiary/aromatic N) is 3. The summed E-state index contributed by atoms with van der Waals surface area (Å²) in [4.78, 5) is 14.9. The Morgan fingerprint density at radius 2 is 1.96 bits per heavy atom. The van der Waals surface area contributed by atoms with Crippen LogP contribution in [-0.2, 0) is 11.2 Å². The summed E-state index contributed by atoms with van der Waals surface area (Å²) in [6, 6.07) is 10.3. The molecule has 1 aliphatic heterocycles. The smallest absolute Gasteiger partial charge is 0.227 e. The lowest BCUT2D eigenvalue weighted by Gasteiger charge is -2.19. The summed E-state index contributed by atoms with van der Waals surface area (Å²) in [6.07, 6.45) is 2.71. The number of nitrogens with two attached hydrogens (primary N) is 1. The van der Waals surface area contributed by atoms with Crippen LogP contribution in [0.25, 0.3) is 5.69 Å². The van der Waals surface area contributed by atoms with Gasteiger partial charge >= 0.3 is 0 Å². The van der Waals surface area contributed by atoms with Crippen molar-refractivity contribution in [2.24, 2.45) is 17.6 Å². The van der Waals surface area contributed by atoms with Crippen LogP contribution in [0.1, 0.15) is 29.8 Å². The Morgan fingerprint density at radius 1 is 1.20 bits per heavy atom. The minimum atomic E-state index is 0.209. The van der Waals surface area contributed by atoms with Gasteiger partial charge in [0.2, 0.25) is 5.91 Å². The molecule has 5 heteroatoms. The van der Waals surface area contributed by atoms with E-state index in [1.54, 1.807) is 0 Å². The number of likely N-dealkylation sites (tertiary alicyclic amines) is 1. The van der Waals surface area contributed by atoms with Crippen LogP contribution in [-0.4, -0.2) is 39.7 Å². The highest BCUT2D eigenvalue weighted by molar-refractivity contribution is 5.79. The highest BCUT2D eigenvalue weighted by Crippen LogP contribution is 2.37. The first-order chi connectivity index (χ1) is 12.0. The number of fused-ring (bicyclic) bond motifs is 1. The highest BCUT2D eigenvalue weighted by atomic mass is 16.2. The van der Waals surface area contributed by atoms with Crippen molar-refractivity contribution in [3.8, 4) is 5.69 Å². The molecule has 1 aromatic carbocycles. The van der Waals surface area contributed by atoms with Crippen LogP contribution in [0.3, 0.4) is 0 Å². The van der Waals surface area contributed by atoms with Gasteiger partial charge in [0, 0.05) is 30.4 Å². The molecule has 25 heavy (non-hydrogen) atoms. The molecule has 2 heterocycles. The van der Waals surface area contributed by atoms with Gasteiger partial charge in [-0.1, -0.05) is 18.2 Å². The number of benzene rings is 1. The normalized spacial score (nSPS) is 25.4. The summed E-state index contributed by atoms with van der Waals surface area (Å²) in [7, 11) is 0. The molecule has 2 N–H and O–H groups in total. The van der Waals surface area contributed by atoms with Crippen LogP contribution >= 0.6 is 0 Å². The van der Waals surface area contributed by atoms with E-state index in [4.69, 9.17) is 5.73 Å². The van der Waals surface area contributed by atoms with E-state index >= 15 is 0 Å². The van der Waals surface area contributed by atoms with Crippen molar-refractivity contribution in [1.82, 2.24) is 14.7 Å². The van der Waals surface area contributed by atoms with E-state index in [1.165, 1.54) is 6.42 Å². The average molecular weight is 338 g/mol. The van der Waals surface area contributed by atoms with E-state index in [2.05, 4.69) is 5.10 Å². The largest absolute Gasteiger partial charge is 0.342 e. The Hall–Kier alpha value is -2.14. The maximum absolute atomic E-state index is 12.9. The van der Waals surface area contributed by atoms with Crippen molar-refractivity contribution in [3.05, 3.63) is 47.3 Å². The maximum Gasteiger partial charge on any atom is 0.227 e. The molecule has 1 saturated carbocycles. The molecule has 132 valence electrons. The van der Waals surface area contributed by atoms with Crippen LogP contribution in [0.15, 0.2) is 30.3 Å². The van der Waals surface area contributed by atoms with Crippen LogP contribution in [0, 0.1) is 25.7 Å². The number of aromatic nitrogens is 2. The first kappa shape index (κ1) is 16.3. The number of hydrogen-bond donors (Lipinski definition) is 1. The molecule has 1 amide bonds. The number of carbonyl (C=O) groups is 1. The molecule has 4 rings (SSSR count). The van der Waals surface area contributed by atoms with Gasteiger partial charge in [-0.2, -0.15) is 5.10 Å². The van der Waals surface area contributed by atoms with E-state index < -0.39 is 0 Å². The Morgan fingerprint density at radius 3 is 2.68 bits per heavy atom. The molecule has 1 aromatic heterocycles. The molecule has 3 unspecified atom stereocenters. The summed E-state index contributed by atoms with van der Waals surface area (Å²) in [5.41, 5.74) is 10.3. The van der Waals surface area contributed by atoms with E-state index in [0.29, 0.717) is 18.3 Å². The van der Waals surface area contributed by atoms with Crippen LogP contribution < -0.4 is 5.73 Å². The Labute approximate surface area is 148 Å². The van der Waals surface area contributed by atoms with Crippen molar-refractivity contribution >= 4 is 5.91 Å². The second-order valence-electron chi connectivity index (χ2n) is 7.54. The highest BCUT2D eigenvalue weighted by Gasteiger charge is 2.42. The zero-order valence-electron chi connectivity index (χ0n) is 15.0. The molecule has 0 spiro atoms. The summed E-state index contributed by atoms with van der Waals surface area (Å²) < 4.78 is 1.94. The van der Waals surface area contributed by atoms with Gasteiger partial charge in [-0.3, -0.25) is 4.79 Å². The second kappa shape index (κ2) is 6.30. The number of aryl methyl sites for hydroxylation is 1.